The fraction of sp³-hybridized carbons (Fsp3) is 0.690. The largest absolute Gasteiger partial charge is 0.508 e. The van der Waals surface area contributed by atoms with Gasteiger partial charge in [-0.2, -0.15) is 0 Å². The number of rotatable bonds is 12. The van der Waals surface area contributed by atoms with Gasteiger partial charge in [-0.25, -0.2) is 4.79 Å². The second-order valence-corrected chi connectivity index (χ2v) is 11.3. The molecule has 1 aromatic rings. The Labute approximate surface area is 227 Å². The van der Waals surface area contributed by atoms with E-state index in [1.54, 1.807) is 39.8 Å². The van der Waals surface area contributed by atoms with Gasteiger partial charge in [0.15, 0.2) is 0 Å². The van der Waals surface area contributed by atoms with Gasteiger partial charge in [-0.3, -0.25) is 9.59 Å². The summed E-state index contributed by atoms with van der Waals surface area (Å²) >= 11 is 0. The maximum atomic E-state index is 13.9. The lowest BCUT2D eigenvalue weighted by molar-refractivity contribution is -0.143. The molecule has 9 heteroatoms. The minimum absolute atomic E-state index is 0.0301. The number of hydrogen-bond acceptors (Lipinski definition) is 6. The fourth-order valence-electron chi connectivity index (χ4n) is 4.76. The number of amides is 3. The van der Waals surface area contributed by atoms with Crippen LogP contribution in [0.3, 0.4) is 0 Å². The molecule has 0 spiro atoms. The van der Waals surface area contributed by atoms with Crippen molar-refractivity contribution in [2.45, 2.75) is 116 Å². The topological polar surface area (TPSA) is 128 Å². The first kappa shape index (κ1) is 31.4. The second kappa shape index (κ2) is 15.0. The lowest BCUT2D eigenvalue weighted by Crippen LogP contribution is -2.55. The van der Waals surface area contributed by atoms with Gasteiger partial charge in [-0.15, -0.1) is 0 Å². The maximum Gasteiger partial charge on any atom is 0.408 e. The molecule has 0 aromatic heterocycles. The summed E-state index contributed by atoms with van der Waals surface area (Å²) in [5.74, 6) is -0.773. The number of aromatic hydroxyl groups is 1. The summed E-state index contributed by atoms with van der Waals surface area (Å²) in [5, 5.41) is 25.8. The Kier molecular flexibility index (Phi) is 12.4. The molecule has 38 heavy (non-hydrogen) atoms. The maximum absolute atomic E-state index is 13.9. The van der Waals surface area contributed by atoms with Gasteiger partial charge in [0, 0.05) is 12.6 Å². The average molecular weight is 534 g/mol. The SMILES string of the molecule is CCCCCCN(C(=O)C(CO)NC(=O)OC(C)(C)C)C(C(=O)NC1CCCCC1)c1ccc(O)c(C)c1. The zero-order chi connectivity index (χ0) is 28.3. The number of ether oxygens (including phenoxy) is 1. The summed E-state index contributed by atoms with van der Waals surface area (Å²) in [6, 6.07) is 2.65. The van der Waals surface area contributed by atoms with Gasteiger partial charge in [0.1, 0.15) is 23.4 Å². The molecular weight excluding hydrogens is 486 g/mol. The number of phenols is 1. The van der Waals surface area contributed by atoms with Gasteiger partial charge >= 0.3 is 6.09 Å². The number of aliphatic hydroxyl groups is 1. The van der Waals surface area contributed by atoms with Crippen LogP contribution in [0, 0.1) is 6.92 Å². The third-order valence-electron chi connectivity index (χ3n) is 6.76. The highest BCUT2D eigenvalue weighted by Gasteiger charge is 2.37. The molecule has 1 aliphatic rings. The zero-order valence-electron chi connectivity index (χ0n) is 23.7. The number of nitrogens with zero attached hydrogens (tertiary/aromatic N) is 1. The van der Waals surface area contributed by atoms with Crippen LogP contribution in [0.15, 0.2) is 18.2 Å². The average Bonchev–Trinajstić information content (AvgIpc) is 2.85. The second-order valence-electron chi connectivity index (χ2n) is 11.3. The Balaban J connectivity index is 2.43. The van der Waals surface area contributed by atoms with E-state index in [0.29, 0.717) is 17.5 Å². The highest BCUT2D eigenvalue weighted by Crippen LogP contribution is 2.28. The molecule has 1 saturated carbocycles. The van der Waals surface area contributed by atoms with Crippen LogP contribution >= 0.6 is 0 Å². The summed E-state index contributed by atoms with van der Waals surface area (Å²) in [6.45, 7) is 8.59. The van der Waals surface area contributed by atoms with Crippen molar-refractivity contribution in [3.05, 3.63) is 29.3 Å². The summed E-state index contributed by atoms with van der Waals surface area (Å²) in [7, 11) is 0. The van der Waals surface area contributed by atoms with Crippen molar-refractivity contribution in [2.75, 3.05) is 13.2 Å². The van der Waals surface area contributed by atoms with Crippen LogP contribution < -0.4 is 10.6 Å². The molecule has 9 nitrogen and oxygen atoms in total. The summed E-state index contributed by atoms with van der Waals surface area (Å²) < 4.78 is 5.30. The number of phenolic OH excluding ortho intramolecular Hbond substituents is 1. The van der Waals surface area contributed by atoms with E-state index in [2.05, 4.69) is 17.6 Å². The number of carbonyl (C=O) groups is 3. The van der Waals surface area contributed by atoms with Crippen molar-refractivity contribution < 1.29 is 29.3 Å². The van der Waals surface area contributed by atoms with E-state index in [9.17, 15) is 24.6 Å². The smallest absolute Gasteiger partial charge is 0.408 e. The standard InChI is InChI=1S/C29H47N3O6/c1-6-7-8-12-17-32(27(36)23(19-33)31-28(37)38-29(3,4)5)25(21-15-16-24(34)20(2)18-21)26(35)30-22-13-10-9-11-14-22/h15-16,18,22-23,25,33-34H,6-14,17,19H2,1-5H3,(H,30,35)(H,31,37). The molecule has 0 heterocycles. The van der Waals surface area contributed by atoms with E-state index in [4.69, 9.17) is 4.74 Å². The molecule has 214 valence electrons. The first-order valence-corrected chi connectivity index (χ1v) is 14.0. The monoisotopic (exact) mass is 533 g/mol. The summed E-state index contributed by atoms with van der Waals surface area (Å²) in [5.41, 5.74) is 0.368. The van der Waals surface area contributed by atoms with E-state index < -0.39 is 36.3 Å². The van der Waals surface area contributed by atoms with Crippen molar-refractivity contribution in [3.63, 3.8) is 0 Å². The molecule has 2 rings (SSSR count). The van der Waals surface area contributed by atoms with Crippen LogP contribution in [0.4, 0.5) is 4.79 Å². The molecule has 0 bridgehead atoms. The van der Waals surface area contributed by atoms with E-state index in [1.165, 1.54) is 11.0 Å². The molecule has 2 unspecified atom stereocenters. The fourth-order valence-corrected chi connectivity index (χ4v) is 4.76. The number of benzene rings is 1. The predicted octanol–water partition coefficient (Wildman–Crippen LogP) is 4.49. The predicted molar refractivity (Wildman–Crippen MR) is 147 cm³/mol. The number of carbonyl (C=O) groups excluding carboxylic acids is 3. The lowest BCUT2D eigenvalue weighted by Gasteiger charge is -2.35. The molecule has 2 atom stereocenters. The number of hydrogen-bond donors (Lipinski definition) is 4. The van der Waals surface area contributed by atoms with Crippen molar-refractivity contribution in [3.8, 4) is 5.75 Å². The van der Waals surface area contributed by atoms with E-state index in [-0.39, 0.29) is 24.2 Å². The number of alkyl carbamates (subject to hydrolysis) is 1. The van der Waals surface area contributed by atoms with E-state index >= 15 is 0 Å². The highest BCUT2D eigenvalue weighted by molar-refractivity contribution is 5.92. The Morgan fingerprint density at radius 1 is 1.11 bits per heavy atom. The summed E-state index contributed by atoms with van der Waals surface area (Å²) in [4.78, 5) is 41.6. The van der Waals surface area contributed by atoms with Gasteiger partial charge in [-0.05, 0) is 70.2 Å². The van der Waals surface area contributed by atoms with Crippen LogP contribution in [-0.4, -0.2) is 63.9 Å². The number of unbranched alkanes of at least 4 members (excludes halogenated alkanes) is 3. The minimum atomic E-state index is -1.28. The molecule has 1 fully saturated rings. The van der Waals surface area contributed by atoms with E-state index in [1.807, 2.05) is 0 Å². The third-order valence-corrected chi connectivity index (χ3v) is 6.76. The van der Waals surface area contributed by atoms with Crippen LogP contribution in [-0.2, 0) is 14.3 Å². The highest BCUT2D eigenvalue weighted by atomic mass is 16.6. The first-order valence-electron chi connectivity index (χ1n) is 14.0. The molecule has 3 amide bonds. The Bertz CT molecular complexity index is 923. The van der Waals surface area contributed by atoms with Gasteiger partial charge in [0.2, 0.25) is 11.8 Å². The molecular formula is C29H47N3O6. The third kappa shape index (κ3) is 9.82. The first-order chi connectivity index (χ1) is 18.0. The van der Waals surface area contributed by atoms with Crippen LogP contribution in [0.1, 0.15) is 103 Å². The zero-order valence-corrected chi connectivity index (χ0v) is 23.7. The molecule has 0 radical (unpaired) electrons. The minimum Gasteiger partial charge on any atom is -0.508 e. The van der Waals surface area contributed by atoms with Gasteiger partial charge in [0.05, 0.1) is 6.61 Å². The molecule has 1 aliphatic carbocycles. The van der Waals surface area contributed by atoms with Crippen LogP contribution in [0.25, 0.3) is 0 Å². The molecule has 0 aliphatic heterocycles. The molecule has 1 aromatic carbocycles. The van der Waals surface area contributed by atoms with Crippen molar-refractivity contribution in [1.82, 2.24) is 15.5 Å². The normalized spacial score (nSPS) is 15.8. The number of nitrogens with one attached hydrogen (secondary N) is 2. The van der Waals surface area contributed by atoms with Crippen molar-refractivity contribution in [2.24, 2.45) is 0 Å². The molecule has 4 N–H and O–H groups in total. The van der Waals surface area contributed by atoms with Gasteiger partial charge < -0.3 is 30.5 Å². The van der Waals surface area contributed by atoms with Crippen LogP contribution in [0.5, 0.6) is 5.75 Å². The number of aryl methyl sites for hydroxylation is 1. The Morgan fingerprint density at radius 3 is 2.37 bits per heavy atom. The van der Waals surface area contributed by atoms with E-state index in [0.717, 1.165) is 51.4 Å². The van der Waals surface area contributed by atoms with Crippen LogP contribution in [0.2, 0.25) is 0 Å². The van der Waals surface area contributed by atoms with Crippen molar-refractivity contribution in [1.29, 1.82) is 0 Å². The van der Waals surface area contributed by atoms with Crippen molar-refractivity contribution >= 4 is 17.9 Å². The Morgan fingerprint density at radius 2 is 1.79 bits per heavy atom. The van der Waals surface area contributed by atoms with Gasteiger partial charge in [0.25, 0.3) is 0 Å². The quantitative estimate of drug-likeness (QED) is 0.293. The summed E-state index contributed by atoms with van der Waals surface area (Å²) in [6.07, 6.45) is 7.70. The Hall–Kier alpha value is -2.81. The lowest BCUT2D eigenvalue weighted by atomic mass is 9.94. The number of aliphatic hydroxyl groups excluding tert-OH is 1. The molecule has 0 saturated heterocycles. The van der Waals surface area contributed by atoms with Gasteiger partial charge in [-0.1, -0.05) is 51.5 Å².